The van der Waals surface area contributed by atoms with Gasteiger partial charge in [0.25, 0.3) is 5.91 Å². The SMILES string of the molecule is Cn1nccc1-c1cc2c(cn1)C(=O)N([C@H](CN)CC1CC1)C2. The van der Waals surface area contributed by atoms with E-state index in [2.05, 4.69) is 10.1 Å². The van der Waals surface area contributed by atoms with Crippen LogP contribution in [-0.2, 0) is 13.6 Å². The van der Waals surface area contributed by atoms with Crippen LogP contribution in [0.4, 0.5) is 0 Å². The maximum absolute atomic E-state index is 12.7. The Labute approximate surface area is 135 Å². The molecule has 4 rings (SSSR count). The number of aryl methyl sites for hydroxylation is 1. The Balaban J connectivity index is 1.61. The van der Waals surface area contributed by atoms with Gasteiger partial charge in [-0.2, -0.15) is 5.10 Å². The molecule has 2 aromatic rings. The predicted molar refractivity (Wildman–Crippen MR) is 86.5 cm³/mol. The Morgan fingerprint density at radius 2 is 2.26 bits per heavy atom. The highest BCUT2D eigenvalue weighted by Gasteiger charge is 2.35. The Kier molecular flexibility index (Phi) is 3.41. The molecule has 0 bridgehead atoms. The number of carbonyl (C=O) groups is 1. The molecule has 0 saturated heterocycles. The van der Waals surface area contributed by atoms with Gasteiger partial charge in [-0.05, 0) is 30.0 Å². The highest BCUT2D eigenvalue weighted by Crippen LogP contribution is 2.36. The molecule has 120 valence electrons. The zero-order valence-corrected chi connectivity index (χ0v) is 13.3. The fourth-order valence-electron chi connectivity index (χ4n) is 3.38. The summed E-state index contributed by atoms with van der Waals surface area (Å²) < 4.78 is 1.79. The number of carbonyl (C=O) groups excluding carboxylic acids is 1. The topological polar surface area (TPSA) is 77.0 Å². The predicted octanol–water partition coefficient (Wildman–Crippen LogP) is 1.57. The van der Waals surface area contributed by atoms with Crippen molar-refractivity contribution in [2.24, 2.45) is 18.7 Å². The molecule has 0 radical (unpaired) electrons. The second-order valence-corrected chi connectivity index (χ2v) is 6.57. The van der Waals surface area contributed by atoms with Gasteiger partial charge in [-0.15, -0.1) is 0 Å². The van der Waals surface area contributed by atoms with Gasteiger partial charge in [0.1, 0.15) is 0 Å². The van der Waals surface area contributed by atoms with Crippen LogP contribution in [-0.4, -0.2) is 38.2 Å². The summed E-state index contributed by atoms with van der Waals surface area (Å²) in [7, 11) is 1.89. The van der Waals surface area contributed by atoms with Crippen LogP contribution in [0.1, 0.15) is 35.2 Å². The van der Waals surface area contributed by atoms with Crippen molar-refractivity contribution in [3.05, 3.63) is 35.7 Å². The van der Waals surface area contributed by atoms with Crippen molar-refractivity contribution in [2.45, 2.75) is 31.8 Å². The average Bonchev–Trinajstić information content (AvgIpc) is 3.19. The molecule has 1 saturated carbocycles. The first-order valence-corrected chi connectivity index (χ1v) is 8.15. The summed E-state index contributed by atoms with van der Waals surface area (Å²) in [6, 6.07) is 4.08. The van der Waals surface area contributed by atoms with Crippen molar-refractivity contribution in [2.75, 3.05) is 6.54 Å². The molecule has 2 aliphatic rings. The normalized spacial score (nSPS) is 18.3. The van der Waals surface area contributed by atoms with Crippen LogP contribution in [0.25, 0.3) is 11.4 Å². The lowest BCUT2D eigenvalue weighted by Gasteiger charge is -2.26. The fraction of sp³-hybridized carbons (Fsp3) is 0.471. The molecule has 23 heavy (non-hydrogen) atoms. The summed E-state index contributed by atoms with van der Waals surface area (Å²) in [6.07, 6.45) is 7.03. The van der Waals surface area contributed by atoms with Gasteiger partial charge in [0.15, 0.2) is 0 Å². The first-order valence-electron chi connectivity index (χ1n) is 8.15. The van der Waals surface area contributed by atoms with Crippen molar-refractivity contribution in [1.82, 2.24) is 19.7 Å². The Bertz CT molecular complexity index is 749. The smallest absolute Gasteiger partial charge is 0.256 e. The maximum atomic E-state index is 12.7. The third kappa shape index (κ3) is 2.53. The fourth-order valence-corrected chi connectivity index (χ4v) is 3.38. The standard InChI is InChI=1S/C17H21N5O/c1-21-16(4-5-20-21)15-7-12-10-22(17(23)14(12)9-19-15)13(8-18)6-11-2-3-11/h4-5,7,9,11,13H,2-3,6,8,10,18H2,1H3/t13-/m0/s1. The van der Waals surface area contributed by atoms with Crippen LogP contribution in [0.5, 0.6) is 0 Å². The minimum atomic E-state index is 0.0696. The van der Waals surface area contributed by atoms with E-state index in [0.717, 1.165) is 29.3 Å². The molecular formula is C17H21N5O. The third-order valence-corrected chi connectivity index (χ3v) is 4.92. The summed E-state index contributed by atoms with van der Waals surface area (Å²) in [4.78, 5) is 19.1. The van der Waals surface area contributed by atoms with Crippen molar-refractivity contribution in [3.63, 3.8) is 0 Å². The number of aromatic nitrogens is 3. The number of pyridine rings is 1. The van der Waals surface area contributed by atoms with Gasteiger partial charge in [-0.3, -0.25) is 14.5 Å². The van der Waals surface area contributed by atoms with Gasteiger partial charge in [0.05, 0.1) is 17.0 Å². The van der Waals surface area contributed by atoms with E-state index in [9.17, 15) is 4.79 Å². The van der Waals surface area contributed by atoms with E-state index in [1.165, 1.54) is 12.8 Å². The van der Waals surface area contributed by atoms with Gasteiger partial charge < -0.3 is 10.6 Å². The molecule has 3 heterocycles. The van der Waals surface area contributed by atoms with Crippen molar-refractivity contribution in [1.29, 1.82) is 0 Å². The summed E-state index contributed by atoms with van der Waals surface area (Å²) in [5.74, 6) is 0.823. The third-order valence-electron chi connectivity index (χ3n) is 4.92. The summed E-state index contributed by atoms with van der Waals surface area (Å²) >= 11 is 0. The van der Waals surface area contributed by atoms with Gasteiger partial charge in [-0.25, -0.2) is 0 Å². The van der Waals surface area contributed by atoms with Crippen molar-refractivity contribution >= 4 is 5.91 Å². The molecule has 0 unspecified atom stereocenters. The summed E-state index contributed by atoms with van der Waals surface area (Å²) in [5, 5.41) is 4.18. The molecule has 0 spiro atoms. The van der Waals surface area contributed by atoms with Crippen LogP contribution >= 0.6 is 0 Å². The quantitative estimate of drug-likeness (QED) is 0.909. The molecule has 1 fully saturated rings. The molecule has 1 aliphatic carbocycles. The molecule has 2 aromatic heterocycles. The monoisotopic (exact) mass is 311 g/mol. The second-order valence-electron chi connectivity index (χ2n) is 6.57. The van der Waals surface area contributed by atoms with Gasteiger partial charge in [-0.1, -0.05) is 12.8 Å². The van der Waals surface area contributed by atoms with E-state index in [4.69, 9.17) is 5.73 Å². The van der Waals surface area contributed by atoms with E-state index in [1.54, 1.807) is 17.1 Å². The number of rotatable bonds is 5. The molecule has 1 atom stereocenters. The molecule has 1 aliphatic heterocycles. The zero-order chi connectivity index (χ0) is 16.0. The maximum Gasteiger partial charge on any atom is 0.256 e. The van der Waals surface area contributed by atoms with Crippen molar-refractivity contribution in [3.8, 4) is 11.4 Å². The number of amides is 1. The number of hydrogen-bond donors (Lipinski definition) is 1. The van der Waals surface area contributed by atoms with E-state index in [1.807, 2.05) is 24.1 Å². The minimum absolute atomic E-state index is 0.0696. The van der Waals surface area contributed by atoms with E-state index in [-0.39, 0.29) is 11.9 Å². The van der Waals surface area contributed by atoms with E-state index in [0.29, 0.717) is 18.7 Å². The van der Waals surface area contributed by atoms with E-state index >= 15 is 0 Å². The highest BCUT2D eigenvalue weighted by atomic mass is 16.2. The summed E-state index contributed by atoms with van der Waals surface area (Å²) in [5.41, 5.74) is 9.48. The number of fused-ring (bicyclic) bond motifs is 1. The van der Waals surface area contributed by atoms with E-state index < -0.39 is 0 Å². The minimum Gasteiger partial charge on any atom is -0.330 e. The Hall–Kier alpha value is -2.21. The molecule has 6 heteroatoms. The molecule has 0 aromatic carbocycles. The first kappa shape index (κ1) is 14.4. The highest BCUT2D eigenvalue weighted by molar-refractivity contribution is 5.98. The van der Waals surface area contributed by atoms with Crippen LogP contribution in [0, 0.1) is 5.92 Å². The molecule has 6 nitrogen and oxygen atoms in total. The lowest BCUT2D eigenvalue weighted by Crippen LogP contribution is -2.41. The van der Waals surface area contributed by atoms with Gasteiger partial charge in [0, 0.05) is 38.6 Å². The molecule has 1 amide bonds. The van der Waals surface area contributed by atoms with Crippen LogP contribution in [0.3, 0.4) is 0 Å². The lowest BCUT2D eigenvalue weighted by atomic mass is 10.1. The van der Waals surface area contributed by atoms with Gasteiger partial charge >= 0.3 is 0 Å². The number of nitrogens with zero attached hydrogens (tertiary/aromatic N) is 4. The molecule has 2 N–H and O–H groups in total. The molecular weight excluding hydrogens is 290 g/mol. The van der Waals surface area contributed by atoms with Gasteiger partial charge in [0.2, 0.25) is 0 Å². The summed E-state index contributed by atoms with van der Waals surface area (Å²) in [6.45, 7) is 1.16. The first-order chi connectivity index (χ1) is 11.2. The van der Waals surface area contributed by atoms with Crippen LogP contribution < -0.4 is 5.73 Å². The number of nitrogens with two attached hydrogens (primary N) is 1. The van der Waals surface area contributed by atoms with Crippen LogP contribution in [0.15, 0.2) is 24.5 Å². The lowest BCUT2D eigenvalue weighted by molar-refractivity contribution is 0.0694. The van der Waals surface area contributed by atoms with Crippen molar-refractivity contribution < 1.29 is 4.79 Å². The Morgan fingerprint density at radius 1 is 1.43 bits per heavy atom. The van der Waals surface area contributed by atoms with Crippen LogP contribution in [0.2, 0.25) is 0 Å². The zero-order valence-electron chi connectivity index (χ0n) is 13.3. The Morgan fingerprint density at radius 3 is 2.91 bits per heavy atom. The average molecular weight is 311 g/mol. The second kappa shape index (κ2) is 5.45. The number of hydrogen-bond acceptors (Lipinski definition) is 4. The largest absolute Gasteiger partial charge is 0.330 e.